The molecular formula is C54H66O18. The summed E-state index contributed by atoms with van der Waals surface area (Å²) in [5, 5.41) is 0. The minimum absolute atomic E-state index is 0.177. The predicted molar refractivity (Wildman–Crippen MR) is 264 cm³/mol. The number of carbonyl (C=O) groups is 6. The van der Waals surface area contributed by atoms with Crippen molar-refractivity contribution in [1.82, 2.24) is 0 Å². The second kappa shape index (κ2) is 21.9. The first kappa shape index (κ1) is 57.1. The van der Waals surface area contributed by atoms with E-state index in [0.29, 0.717) is 33.4 Å². The number of carbonyl (C=O) groups excluding carboxylic acids is 6. The molecule has 390 valence electrons. The van der Waals surface area contributed by atoms with Crippen molar-refractivity contribution in [2.45, 2.75) is 158 Å². The third-order valence-corrected chi connectivity index (χ3v) is 8.26. The summed E-state index contributed by atoms with van der Waals surface area (Å²) in [5.74, 6) is -1.17. The summed E-state index contributed by atoms with van der Waals surface area (Å²) in [5.41, 5.74) is -3.07. The SMILES string of the molecule is CC(C)(C)OC(=O)Oc1ccc(-c2cc(-c3ccc(OC(=O)OC(C)(C)C)c(OC(=O)OC(C)(C)C)c3)cc(-c3ccc(OC(=O)OC(C)(C)C)c(OC(=O)OC(C)(C)C)c3)c2)cc1OC(=O)OC(C)(C)C. The summed E-state index contributed by atoms with van der Waals surface area (Å²) >= 11 is 0. The zero-order valence-corrected chi connectivity index (χ0v) is 44.3. The second-order valence-electron chi connectivity index (χ2n) is 22.2. The standard InChI is InChI=1S/C54H66O18/c1-49(2,3)67-43(55)61-37-22-19-31(28-40(37)64-46(58)70-52(10,11)12)34-25-35(32-20-23-38(62-44(56)68-50(4,5)6)41(29-32)65-47(59)71-53(13,14)15)27-36(26-34)33-21-24-39(63-45(57)69-51(7,8)9)42(30-33)66-48(60)72-54(16,17)18/h19-30H,1-18H3. The number of ether oxygens (including phenoxy) is 12. The number of hydrogen-bond donors (Lipinski definition) is 0. The van der Waals surface area contributed by atoms with E-state index >= 15 is 0 Å². The van der Waals surface area contributed by atoms with Crippen LogP contribution in [0.3, 0.4) is 0 Å². The van der Waals surface area contributed by atoms with Crippen LogP contribution in [0.1, 0.15) is 125 Å². The molecule has 4 aromatic rings. The van der Waals surface area contributed by atoms with E-state index in [4.69, 9.17) is 56.8 Å². The largest absolute Gasteiger partial charge is 0.514 e. The topological polar surface area (TPSA) is 213 Å². The molecule has 0 aliphatic rings. The molecule has 18 heteroatoms. The van der Waals surface area contributed by atoms with Gasteiger partial charge < -0.3 is 56.8 Å². The molecule has 0 bridgehead atoms. The van der Waals surface area contributed by atoms with Gasteiger partial charge in [-0.25, -0.2) is 28.8 Å². The van der Waals surface area contributed by atoms with Crippen molar-refractivity contribution in [1.29, 1.82) is 0 Å². The van der Waals surface area contributed by atoms with Gasteiger partial charge in [-0.2, -0.15) is 0 Å². The van der Waals surface area contributed by atoms with Crippen LogP contribution in [0.25, 0.3) is 33.4 Å². The van der Waals surface area contributed by atoms with Crippen molar-refractivity contribution in [3.05, 3.63) is 72.8 Å². The van der Waals surface area contributed by atoms with E-state index < -0.39 is 70.5 Å². The Morgan fingerprint density at radius 3 is 0.569 bits per heavy atom. The minimum Gasteiger partial charge on any atom is -0.428 e. The molecule has 0 saturated heterocycles. The lowest BCUT2D eigenvalue weighted by Crippen LogP contribution is -2.27. The van der Waals surface area contributed by atoms with Crippen LogP contribution in [0.15, 0.2) is 72.8 Å². The molecule has 4 rings (SSSR count). The summed E-state index contributed by atoms with van der Waals surface area (Å²) in [6.45, 7) is 29.7. The molecule has 0 spiro atoms. The van der Waals surface area contributed by atoms with Gasteiger partial charge in [-0.3, -0.25) is 0 Å². The van der Waals surface area contributed by atoms with Gasteiger partial charge in [0.2, 0.25) is 0 Å². The molecule has 0 fully saturated rings. The highest BCUT2D eigenvalue weighted by molar-refractivity contribution is 5.85. The molecule has 0 heterocycles. The minimum atomic E-state index is -1.10. The van der Waals surface area contributed by atoms with Crippen molar-refractivity contribution in [3.8, 4) is 67.9 Å². The molecule has 0 saturated carbocycles. The highest BCUT2D eigenvalue weighted by atomic mass is 16.8. The van der Waals surface area contributed by atoms with Gasteiger partial charge in [0.15, 0.2) is 34.5 Å². The molecule has 0 atom stereocenters. The summed E-state index contributed by atoms with van der Waals surface area (Å²) < 4.78 is 65.9. The Morgan fingerprint density at radius 1 is 0.236 bits per heavy atom. The van der Waals surface area contributed by atoms with E-state index in [0.717, 1.165) is 0 Å². The molecule has 0 N–H and O–H groups in total. The summed E-state index contributed by atoms with van der Waals surface area (Å²) in [6.07, 6.45) is -6.50. The molecule has 0 aliphatic carbocycles. The van der Waals surface area contributed by atoms with Crippen molar-refractivity contribution in [2.75, 3.05) is 0 Å². The third kappa shape index (κ3) is 19.7. The maximum absolute atomic E-state index is 13.1. The zero-order chi connectivity index (χ0) is 54.4. The molecule has 72 heavy (non-hydrogen) atoms. The number of benzene rings is 4. The Labute approximate surface area is 420 Å². The predicted octanol–water partition coefficient (Wildman–Crippen LogP) is 14.6. The Bertz CT molecular complexity index is 2360. The van der Waals surface area contributed by atoms with Crippen molar-refractivity contribution < 1.29 is 85.6 Å². The van der Waals surface area contributed by atoms with Gasteiger partial charge in [0.1, 0.15) is 33.6 Å². The van der Waals surface area contributed by atoms with Crippen molar-refractivity contribution in [3.63, 3.8) is 0 Å². The Kier molecular flexibility index (Phi) is 17.3. The van der Waals surface area contributed by atoms with Crippen LogP contribution in [-0.2, 0) is 28.4 Å². The van der Waals surface area contributed by atoms with E-state index in [1.807, 2.05) is 0 Å². The fourth-order valence-electron chi connectivity index (χ4n) is 5.85. The van der Waals surface area contributed by atoms with E-state index in [9.17, 15) is 28.8 Å². The van der Waals surface area contributed by atoms with E-state index in [1.165, 1.54) is 36.4 Å². The molecular weight excluding hydrogens is 937 g/mol. The molecule has 18 nitrogen and oxygen atoms in total. The Hall–Kier alpha value is -7.50. The Morgan fingerprint density at radius 2 is 0.403 bits per heavy atom. The molecule has 0 aromatic heterocycles. The monoisotopic (exact) mass is 1000 g/mol. The molecule has 0 radical (unpaired) electrons. The summed E-state index contributed by atoms with van der Waals surface area (Å²) in [7, 11) is 0. The van der Waals surface area contributed by atoms with Crippen LogP contribution in [0.2, 0.25) is 0 Å². The van der Waals surface area contributed by atoms with Crippen LogP contribution in [0.4, 0.5) is 28.8 Å². The van der Waals surface area contributed by atoms with Crippen LogP contribution in [-0.4, -0.2) is 70.5 Å². The Balaban J connectivity index is 2.03. The van der Waals surface area contributed by atoms with E-state index in [-0.39, 0.29) is 34.5 Å². The maximum atomic E-state index is 13.1. The first-order valence-electron chi connectivity index (χ1n) is 22.8. The van der Waals surface area contributed by atoms with Gasteiger partial charge >= 0.3 is 36.9 Å². The van der Waals surface area contributed by atoms with E-state index in [1.54, 1.807) is 161 Å². The highest BCUT2D eigenvalue weighted by Crippen LogP contribution is 2.42. The molecule has 0 amide bonds. The lowest BCUT2D eigenvalue weighted by Gasteiger charge is -2.21. The van der Waals surface area contributed by atoms with Gasteiger partial charge in [0.05, 0.1) is 0 Å². The molecule has 0 unspecified atom stereocenters. The summed E-state index contributed by atoms with van der Waals surface area (Å²) in [6, 6.07) is 18.5. The number of rotatable bonds is 9. The normalized spacial score (nSPS) is 12.1. The fraction of sp³-hybridized carbons (Fsp3) is 0.444. The highest BCUT2D eigenvalue weighted by Gasteiger charge is 2.28. The first-order valence-corrected chi connectivity index (χ1v) is 22.8. The zero-order valence-electron chi connectivity index (χ0n) is 44.3. The van der Waals surface area contributed by atoms with Gasteiger partial charge in [-0.1, -0.05) is 18.2 Å². The molecule has 4 aromatic carbocycles. The van der Waals surface area contributed by atoms with Gasteiger partial charge in [0.25, 0.3) is 0 Å². The smallest absolute Gasteiger partial charge is 0.428 e. The van der Waals surface area contributed by atoms with Crippen molar-refractivity contribution in [2.24, 2.45) is 0 Å². The van der Waals surface area contributed by atoms with Gasteiger partial charge in [-0.15, -0.1) is 0 Å². The fourth-order valence-corrected chi connectivity index (χ4v) is 5.85. The third-order valence-electron chi connectivity index (χ3n) is 8.26. The average Bonchev–Trinajstić information content (AvgIpc) is 3.15. The molecule has 0 aliphatic heterocycles. The summed E-state index contributed by atoms with van der Waals surface area (Å²) in [4.78, 5) is 78.1. The lowest BCUT2D eigenvalue weighted by atomic mass is 9.93. The second-order valence-corrected chi connectivity index (χ2v) is 22.2. The van der Waals surface area contributed by atoms with Crippen LogP contribution in [0.5, 0.6) is 34.5 Å². The van der Waals surface area contributed by atoms with Gasteiger partial charge in [-0.05, 0) is 213 Å². The quantitative estimate of drug-likeness (QED) is 0.0866. The van der Waals surface area contributed by atoms with Crippen molar-refractivity contribution >= 4 is 36.9 Å². The van der Waals surface area contributed by atoms with E-state index in [2.05, 4.69) is 0 Å². The van der Waals surface area contributed by atoms with Crippen LogP contribution < -0.4 is 28.4 Å². The maximum Gasteiger partial charge on any atom is 0.514 e. The van der Waals surface area contributed by atoms with Gasteiger partial charge in [0, 0.05) is 0 Å². The number of hydrogen-bond acceptors (Lipinski definition) is 18. The average molecular weight is 1000 g/mol. The van der Waals surface area contributed by atoms with Crippen LogP contribution in [0, 0.1) is 0 Å². The first-order chi connectivity index (χ1) is 32.8. The lowest BCUT2D eigenvalue weighted by molar-refractivity contribution is 0.0138. The van der Waals surface area contributed by atoms with Crippen LogP contribution >= 0.6 is 0 Å².